The van der Waals surface area contributed by atoms with E-state index in [9.17, 15) is 8.42 Å². The Balaban J connectivity index is 3.12. The largest absolute Gasteiger partial charge is 0.380 e. The smallest absolute Gasteiger partial charge is 0.297 e. The zero-order chi connectivity index (χ0) is 9.45. The van der Waals surface area contributed by atoms with Gasteiger partial charge in [0.2, 0.25) is 0 Å². The van der Waals surface area contributed by atoms with E-state index < -0.39 is 9.24 Å². The maximum atomic E-state index is 10.3. The van der Waals surface area contributed by atoms with Crippen LogP contribution in [0.4, 0.5) is 0 Å². The van der Waals surface area contributed by atoms with Crippen molar-refractivity contribution in [3.05, 3.63) is 0 Å². The molecule has 0 aliphatic carbocycles. The third-order valence-electron chi connectivity index (χ3n) is 1.16. The minimum absolute atomic E-state index is 0.232. The van der Waals surface area contributed by atoms with Crippen LogP contribution in [-0.4, -0.2) is 28.2 Å². The van der Waals surface area contributed by atoms with Gasteiger partial charge in [-0.2, -0.15) is 13.1 Å². The zero-order valence-corrected chi connectivity index (χ0v) is 8.62. The molecule has 74 valence electrons. The molecule has 0 fully saturated rings. The number of nitrogens with one attached hydrogen (secondary N) is 1. The lowest BCUT2D eigenvalue weighted by molar-refractivity contribution is 0.136. The highest BCUT2D eigenvalue weighted by atomic mass is 35.7. The SMILES string of the molecule is CCCCOCCNS(=O)(=O)Cl. The quantitative estimate of drug-likeness (QED) is 0.507. The lowest BCUT2D eigenvalue weighted by atomic mass is 10.4. The van der Waals surface area contributed by atoms with E-state index in [-0.39, 0.29) is 6.54 Å². The third kappa shape index (κ3) is 10.2. The summed E-state index contributed by atoms with van der Waals surface area (Å²) >= 11 is 0. The van der Waals surface area contributed by atoms with Gasteiger partial charge in [0.25, 0.3) is 9.24 Å². The lowest BCUT2D eigenvalue weighted by Gasteiger charge is -2.02. The van der Waals surface area contributed by atoms with Gasteiger partial charge in [-0.1, -0.05) is 13.3 Å². The molecule has 0 atom stereocenters. The first-order valence-electron chi connectivity index (χ1n) is 3.83. The molecule has 12 heavy (non-hydrogen) atoms. The van der Waals surface area contributed by atoms with Crippen molar-refractivity contribution >= 4 is 19.9 Å². The molecule has 0 saturated heterocycles. The molecule has 0 aromatic heterocycles. The van der Waals surface area contributed by atoms with Crippen LogP contribution < -0.4 is 4.72 Å². The van der Waals surface area contributed by atoms with E-state index >= 15 is 0 Å². The number of hydrogen-bond acceptors (Lipinski definition) is 3. The van der Waals surface area contributed by atoms with Gasteiger partial charge in [0.15, 0.2) is 0 Å². The van der Waals surface area contributed by atoms with Crippen LogP contribution in [0.5, 0.6) is 0 Å². The fourth-order valence-corrected chi connectivity index (χ4v) is 1.14. The zero-order valence-electron chi connectivity index (χ0n) is 7.05. The molecule has 0 spiro atoms. The van der Waals surface area contributed by atoms with E-state index in [0.717, 1.165) is 12.8 Å². The van der Waals surface area contributed by atoms with Gasteiger partial charge in [-0.3, -0.25) is 0 Å². The summed E-state index contributed by atoms with van der Waals surface area (Å²) in [6.07, 6.45) is 2.06. The van der Waals surface area contributed by atoms with Gasteiger partial charge >= 0.3 is 0 Å². The molecule has 0 aliphatic rings. The number of rotatable bonds is 7. The van der Waals surface area contributed by atoms with E-state index in [4.69, 9.17) is 15.4 Å². The van der Waals surface area contributed by atoms with E-state index in [2.05, 4.69) is 11.6 Å². The first-order chi connectivity index (χ1) is 5.56. The highest BCUT2D eigenvalue weighted by Gasteiger charge is 2.00. The molecule has 0 amide bonds. The van der Waals surface area contributed by atoms with Gasteiger partial charge in [-0.25, -0.2) is 0 Å². The van der Waals surface area contributed by atoms with Gasteiger partial charge in [-0.15, -0.1) is 0 Å². The predicted molar refractivity (Wildman–Crippen MR) is 48.5 cm³/mol. The highest BCUT2D eigenvalue weighted by Crippen LogP contribution is 1.89. The molecule has 0 aromatic carbocycles. The van der Waals surface area contributed by atoms with Gasteiger partial charge in [0.05, 0.1) is 6.61 Å². The van der Waals surface area contributed by atoms with Crippen LogP contribution in [0, 0.1) is 0 Å². The highest BCUT2D eigenvalue weighted by molar-refractivity contribution is 8.12. The molecule has 0 unspecified atom stereocenters. The van der Waals surface area contributed by atoms with Gasteiger partial charge in [0, 0.05) is 23.8 Å². The fourth-order valence-electron chi connectivity index (χ4n) is 0.584. The van der Waals surface area contributed by atoms with Crippen molar-refractivity contribution in [2.24, 2.45) is 0 Å². The molecule has 0 rings (SSSR count). The second-order valence-electron chi connectivity index (χ2n) is 2.30. The normalized spacial score (nSPS) is 11.8. The van der Waals surface area contributed by atoms with Crippen LogP contribution in [0.25, 0.3) is 0 Å². The van der Waals surface area contributed by atoms with Crippen molar-refractivity contribution in [1.29, 1.82) is 0 Å². The van der Waals surface area contributed by atoms with Crippen molar-refractivity contribution < 1.29 is 13.2 Å². The van der Waals surface area contributed by atoms with E-state index in [0.29, 0.717) is 13.2 Å². The summed E-state index contributed by atoms with van der Waals surface area (Å²) in [5.74, 6) is 0. The molecule has 0 aromatic rings. The van der Waals surface area contributed by atoms with Crippen LogP contribution in [-0.2, 0) is 14.0 Å². The summed E-state index contributed by atoms with van der Waals surface area (Å²) in [6, 6.07) is 0. The maximum absolute atomic E-state index is 10.3. The number of unbranched alkanes of at least 4 members (excludes halogenated alkanes) is 1. The molecule has 0 saturated carbocycles. The Morgan fingerprint density at radius 3 is 2.58 bits per heavy atom. The van der Waals surface area contributed by atoms with E-state index in [1.54, 1.807) is 0 Å². The van der Waals surface area contributed by atoms with Crippen LogP contribution >= 0.6 is 10.7 Å². The molecule has 6 heteroatoms. The molecule has 0 heterocycles. The predicted octanol–water partition coefficient (Wildman–Crippen LogP) is 0.876. The van der Waals surface area contributed by atoms with Crippen LogP contribution in [0.2, 0.25) is 0 Å². The molecule has 0 aliphatic heterocycles. The van der Waals surface area contributed by atoms with Gasteiger partial charge in [-0.05, 0) is 6.42 Å². The van der Waals surface area contributed by atoms with Gasteiger partial charge < -0.3 is 4.74 Å². The Bertz CT molecular complexity index is 193. The summed E-state index contributed by atoms with van der Waals surface area (Å²) in [7, 11) is 1.30. The summed E-state index contributed by atoms with van der Waals surface area (Å²) in [6.45, 7) is 3.33. The second kappa shape index (κ2) is 6.65. The molecular weight excluding hydrogens is 202 g/mol. The van der Waals surface area contributed by atoms with Gasteiger partial charge in [0.1, 0.15) is 0 Å². The Hall–Kier alpha value is 0.160. The average Bonchev–Trinajstić information content (AvgIpc) is 1.94. The number of halogens is 1. The summed E-state index contributed by atoms with van der Waals surface area (Å²) < 4.78 is 27.8. The number of ether oxygens (including phenoxy) is 1. The molecule has 4 nitrogen and oxygen atoms in total. The lowest BCUT2D eigenvalue weighted by Crippen LogP contribution is -2.23. The monoisotopic (exact) mass is 215 g/mol. The fraction of sp³-hybridized carbons (Fsp3) is 1.00. The first kappa shape index (κ1) is 12.2. The Morgan fingerprint density at radius 1 is 1.42 bits per heavy atom. The first-order valence-corrected chi connectivity index (χ1v) is 6.14. The minimum Gasteiger partial charge on any atom is -0.380 e. The topological polar surface area (TPSA) is 55.4 Å². The number of hydrogen-bond donors (Lipinski definition) is 1. The second-order valence-corrected chi connectivity index (χ2v) is 4.68. The Labute approximate surface area is 77.8 Å². The molecule has 0 bridgehead atoms. The Kier molecular flexibility index (Phi) is 6.74. The Morgan fingerprint density at radius 2 is 2.08 bits per heavy atom. The van der Waals surface area contributed by atoms with Crippen molar-refractivity contribution in [1.82, 2.24) is 4.72 Å². The van der Waals surface area contributed by atoms with E-state index in [1.165, 1.54) is 0 Å². The maximum Gasteiger partial charge on any atom is 0.297 e. The van der Waals surface area contributed by atoms with Crippen molar-refractivity contribution in [2.45, 2.75) is 19.8 Å². The molecule has 0 radical (unpaired) electrons. The third-order valence-corrected chi connectivity index (χ3v) is 2.04. The standard InChI is InChI=1S/C6H14ClNO3S/c1-2-3-5-11-6-4-8-12(7,9)10/h8H,2-6H2,1H3. The van der Waals surface area contributed by atoms with Crippen molar-refractivity contribution in [3.8, 4) is 0 Å². The minimum atomic E-state index is -3.57. The molecular formula is C6H14ClNO3S. The van der Waals surface area contributed by atoms with Crippen LogP contribution in [0.15, 0.2) is 0 Å². The summed E-state index contributed by atoms with van der Waals surface area (Å²) in [5, 5.41) is 0. The summed E-state index contributed by atoms with van der Waals surface area (Å²) in [5.41, 5.74) is 0. The summed E-state index contributed by atoms with van der Waals surface area (Å²) in [4.78, 5) is 0. The van der Waals surface area contributed by atoms with Crippen LogP contribution in [0.3, 0.4) is 0 Å². The van der Waals surface area contributed by atoms with E-state index in [1.807, 2.05) is 0 Å². The van der Waals surface area contributed by atoms with Crippen molar-refractivity contribution in [3.63, 3.8) is 0 Å². The molecule has 1 N–H and O–H groups in total. The van der Waals surface area contributed by atoms with Crippen LogP contribution in [0.1, 0.15) is 19.8 Å². The van der Waals surface area contributed by atoms with Crippen molar-refractivity contribution in [2.75, 3.05) is 19.8 Å². The average molecular weight is 216 g/mol.